The normalized spacial score (nSPS) is 11.3. The third-order valence-corrected chi connectivity index (χ3v) is 4.03. The van der Waals surface area contributed by atoms with Crippen molar-refractivity contribution < 1.29 is 0 Å². The molecule has 0 radical (unpaired) electrons. The molecule has 0 saturated heterocycles. The Morgan fingerprint density at radius 3 is 2.43 bits per heavy atom. The number of hydrogen-bond acceptors (Lipinski definition) is 1. The Morgan fingerprint density at radius 1 is 0.857 bits per heavy atom. The number of hydrogen-bond donors (Lipinski definition) is 0. The second-order valence-corrected chi connectivity index (χ2v) is 5.24. The first-order valence-electron chi connectivity index (χ1n) is 7.32. The largest absolute Gasteiger partial charge is 0.308 e. The van der Waals surface area contributed by atoms with Crippen LogP contribution in [-0.4, -0.2) is 9.55 Å². The van der Waals surface area contributed by atoms with Crippen LogP contribution in [0.15, 0.2) is 66.9 Å². The molecule has 0 atom stereocenters. The summed E-state index contributed by atoms with van der Waals surface area (Å²) in [5, 5.41) is 1.20. The molecule has 0 aliphatic rings. The van der Waals surface area contributed by atoms with Crippen LogP contribution < -0.4 is 0 Å². The Hall–Kier alpha value is -2.61. The van der Waals surface area contributed by atoms with Gasteiger partial charge in [-0.15, -0.1) is 0 Å². The third kappa shape index (κ3) is 1.83. The summed E-state index contributed by atoms with van der Waals surface area (Å²) in [7, 11) is 0. The minimum Gasteiger partial charge on any atom is -0.308 e. The molecule has 2 aromatic carbocycles. The zero-order valence-corrected chi connectivity index (χ0v) is 12.0. The van der Waals surface area contributed by atoms with Crippen molar-refractivity contribution in [2.24, 2.45) is 0 Å². The summed E-state index contributed by atoms with van der Waals surface area (Å²) >= 11 is 0. The zero-order valence-electron chi connectivity index (χ0n) is 12.0. The van der Waals surface area contributed by atoms with Gasteiger partial charge in [0.05, 0.1) is 16.6 Å². The molecule has 0 bridgehead atoms. The van der Waals surface area contributed by atoms with E-state index in [2.05, 4.69) is 71.1 Å². The molecule has 21 heavy (non-hydrogen) atoms. The number of aryl methyl sites for hydroxylation is 1. The summed E-state index contributed by atoms with van der Waals surface area (Å²) in [6.07, 6.45) is 2.92. The van der Waals surface area contributed by atoms with Crippen molar-refractivity contribution in [2.75, 3.05) is 0 Å². The van der Waals surface area contributed by atoms with Gasteiger partial charge in [-0.05, 0) is 42.3 Å². The molecule has 4 rings (SSSR count). The molecule has 2 nitrogen and oxygen atoms in total. The van der Waals surface area contributed by atoms with Crippen molar-refractivity contribution in [3.63, 3.8) is 0 Å². The maximum Gasteiger partial charge on any atom is 0.0963 e. The monoisotopic (exact) mass is 272 g/mol. The molecule has 2 heteroatoms. The maximum atomic E-state index is 4.57. The van der Waals surface area contributed by atoms with Gasteiger partial charge >= 0.3 is 0 Å². The van der Waals surface area contributed by atoms with Crippen molar-refractivity contribution in [3.8, 4) is 5.69 Å². The average molecular weight is 272 g/mol. The number of para-hydroxylation sites is 1. The molecule has 2 aromatic heterocycles. The molecule has 0 amide bonds. The summed E-state index contributed by atoms with van der Waals surface area (Å²) in [5.74, 6) is 0. The van der Waals surface area contributed by atoms with Gasteiger partial charge in [0.1, 0.15) is 0 Å². The van der Waals surface area contributed by atoms with E-state index in [1.54, 1.807) is 0 Å². The van der Waals surface area contributed by atoms with Gasteiger partial charge in [0.2, 0.25) is 0 Å². The van der Waals surface area contributed by atoms with E-state index in [0.717, 1.165) is 17.5 Å². The Bertz CT molecular complexity index is 864. The van der Waals surface area contributed by atoms with Crippen LogP contribution in [0.4, 0.5) is 0 Å². The quantitative estimate of drug-likeness (QED) is 0.515. The van der Waals surface area contributed by atoms with Gasteiger partial charge in [0.25, 0.3) is 0 Å². The van der Waals surface area contributed by atoms with Gasteiger partial charge in [-0.3, -0.25) is 4.98 Å². The van der Waals surface area contributed by atoms with Crippen LogP contribution >= 0.6 is 0 Å². The van der Waals surface area contributed by atoms with Crippen molar-refractivity contribution >= 4 is 21.9 Å². The second kappa shape index (κ2) is 4.74. The minimum atomic E-state index is 1.06. The van der Waals surface area contributed by atoms with Crippen LogP contribution in [0.3, 0.4) is 0 Å². The maximum absolute atomic E-state index is 4.57. The van der Waals surface area contributed by atoms with Crippen LogP contribution in [0.1, 0.15) is 12.5 Å². The summed E-state index contributed by atoms with van der Waals surface area (Å²) in [5.41, 5.74) is 5.97. The molecule has 0 spiro atoms. The first-order valence-corrected chi connectivity index (χ1v) is 7.32. The lowest BCUT2D eigenvalue weighted by Crippen LogP contribution is -1.94. The van der Waals surface area contributed by atoms with Gasteiger partial charge < -0.3 is 4.57 Å². The molecule has 0 fully saturated rings. The standard InChI is InChI=1S/C19H16N2/c1-2-14-9-11-15(12-10-14)21-17-7-4-3-6-16(17)19-18(21)8-5-13-20-19/h3-13H,2H2,1H3. The lowest BCUT2D eigenvalue weighted by atomic mass is 10.1. The Labute approximate surface area is 123 Å². The fourth-order valence-corrected chi connectivity index (χ4v) is 2.94. The molecule has 0 N–H and O–H groups in total. The average Bonchev–Trinajstić information content (AvgIpc) is 2.90. The smallest absolute Gasteiger partial charge is 0.0963 e. The molecular weight excluding hydrogens is 256 g/mol. The number of benzene rings is 2. The summed E-state index contributed by atoms with van der Waals surface area (Å²) in [6, 6.07) is 21.4. The van der Waals surface area contributed by atoms with Gasteiger partial charge in [0, 0.05) is 17.3 Å². The van der Waals surface area contributed by atoms with Crippen molar-refractivity contribution in [1.29, 1.82) is 0 Å². The predicted octanol–water partition coefficient (Wildman–Crippen LogP) is 4.74. The second-order valence-electron chi connectivity index (χ2n) is 5.24. The third-order valence-electron chi connectivity index (χ3n) is 4.03. The first-order chi connectivity index (χ1) is 10.4. The van der Waals surface area contributed by atoms with Crippen LogP contribution in [0.5, 0.6) is 0 Å². The van der Waals surface area contributed by atoms with E-state index in [1.165, 1.54) is 22.2 Å². The molecule has 4 aromatic rings. The van der Waals surface area contributed by atoms with E-state index in [-0.39, 0.29) is 0 Å². The summed E-state index contributed by atoms with van der Waals surface area (Å²) < 4.78 is 2.29. The summed E-state index contributed by atoms with van der Waals surface area (Å²) in [4.78, 5) is 4.57. The first kappa shape index (κ1) is 12.2. The fourth-order valence-electron chi connectivity index (χ4n) is 2.94. The Morgan fingerprint density at radius 2 is 1.62 bits per heavy atom. The highest BCUT2D eigenvalue weighted by atomic mass is 15.0. The van der Waals surface area contributed by atoms with Crippen LogP contribution in [-0.2, 0) is 6.42 Å². The number of nitrogens with zero attached hydrogens (tertiary/aromatic N) is 2. The van der Waals surface area contributed by atoms with E-state index in [0.29, 0.717) is 0 Å². The molecule has 0 aliphatic carbocycles. The number of aromatic nitrogens is 2. The topological polar surface area (TPSA) is 17.8 Å². The molecule has 0 aliphatic heterocycles. The molecule has 0 saturated carbocycles. The Kier molecular flexibility index (Phi) is 2.74. The molecular formula is C19H16N2. The molecule has 0 unspecified atom stereocenters. The van der Waals surface area contributed by atoms with Gasteiger partial charge in [-0.25, -0.2) is 0 Å². The van der Waals surface area contributed by atoms with Crippen LogP contribution in [0, 0.1) is 0 Å². The SMILES string of the molecule is CCc1ccc(-n2c3ccccc3c3ncccc32)cc1. The summed E-state index contributed by atoms with van der Waals surface area (Å²) in [6.45, 7) is 2.18. The van der Waals surface area contributed by atoms with E-state index in [1.807, 2.05) is 12.3 Å². The number of fused-ring (bicyclic) bond motifs is 3. The van der Waals surface area contributed by atoms with E-state index in [9.17, 15) is 0 Å². The van der Waals surface area contributed by atoms with Crippen LogP contribution in [0.25, 0.3) is 27.6 Å². The van der Waals surface area contributed by atoms with Crippen molar-refractivity contribution in [2.45, 2.75) is 13.3 Å². The number of rotatable bonds is 2. The lowest BCUT2D eigenvalue weighted by Gasteiger charge is -2.08. The van der Waals surface area contributed by atoms with E-state index >= 15 is 0 Å². The minimum absolute atomic E-state index is 1.06. The van der Waals surface area contributed by atoms with Gasteiger partial charge in [0.15, 0.2) is 0 Å². The highest BCUT2D eigenvalue weighted by Gasteiger charge is 2.11. The fraction of sp³-hybridized carbons (Fsp3) is 0.105. The highest BCUT2D eigenvalue weighted by Crippen LogP contribution is 2.30. The highest BCUT2D eigenvalue weighted by molar-refractivity contribution is 6.06. The lowest BCUT2D eigenvalue weighted by molar-refractivity contribution is 1.12. The van der Waals surface area contributed by atoms with Gasteiger partial charge in [-0.1, -0.05) is 37.3 Å². The molecule has 102 valence electrons. The van der Waals surface area contributed by atoms with Crippen LogP contribution in [0.2, 0.25) is 0 Å². The Balaban J connectivity index is 2.09. The van der Waals surface area contributed by atoms with Crippen molar-refractivity contribution in [1.82, 2.24) is 9.55 Å². The van der Waals surface area contributed by atoms with Gasteiger partial charge in [-0.2, -0.15) is 0 Å². The predicted molar refractivity (Wildman–Crippen MR) is 88.0 cm³/mol. The zero-order chi connectivity index (χ0) is 14.2. The van der Waals surface area contributed by atoms with E-state index in [4.69, 9.17) is 0 Å². The van der Waals surface area contributed by atoms with E-state index < -0.39 is 0 Å². The number of pyridine rings is 1. The molecule has 2 heterocycles. The van der Waals surface area contributed by atoms with Crippen molar-refractivity contribution in [3.05, 3.63) is 72.4 Å².